The molecule has 2 aromatic rings. The van der Waals surface area contributed by atoms with Crippen molar-refractivity contribution in [3.05, 3.63) is 18.6 Å². The fraction of sp³-hybridized carbons (Fsp3) is 0.500. The van der Waals surface area contributed by atoms with Crippen LogP contribution in [0.4, 0.5) is 22.2 Å². The minimum Gasteiger partial charge on any atom is -0.447 e. The fourth-order valence-electron chi connectivity index (χ4n) is 4.13. The van der Waals surface area contributed by atoms with E-state index in [1.807, 2.05) is 0 Å². The zero-order valence-electron chi connectivity index (χ0n) is 15.6. The molecule has 0 unspecified atom stereocenters. The highest BCUT2D eigenvalue weighted by molar-refractivity contribution is 6.02. The molecule has 10 heteroatoms. The second-order valence-corrected chi connectivity index (χ2v) is 7.26. The van der Waals surface area contributed by atoms with E-state index in [2.05, 4.69) is 14.9 Å². The second-order valence-electron chi connectivity index (χ2n) is 7.26. The molecule has 0 N–H and O–H groups in total. The van der Waals surface area contributed by atoms with Gasteiger partial charge in [-0.05, 0) is 12.8 Å². The number of aromatic nitrogens is 4. The summed E-state index contributed by atoms with van der Waals surface area (Å²) in [4.78, 5) is 43.1. The van der Waals surface area contributed by atoms with E-state index >= 15 is 0 Å². The van der Waals surface area contributed by atoms with E-state index in [1.54, 1.807) is 35.1 Å². The van der Waals surface area contributed by atoms with Gasteiger partial charge < -0.3 is 14.5 Å². The van der Waals surface area contributed by atoms with Crippen LogP contribution < -0.4 is 14.7 Å². The van der Waals surface area contributed by atoms with Gasteiger partial charge in [0, 0.05) is 25.5 Å². The first-order chi connectivity index (χ1) is 13.6. The van der Waals surface area contributed by atoms with Crippen LogP contribution in [-0.4, -0.2) is 64.3 Å². The van der Waals surface area contributed by atoms with Crippen molar-refractivity contribution in [1.29, 1.82) is 0 Å². The van der Waals surface area contributed by atoms with Crippen molar-refractivity contribution in [2.75, 3.05) is 41.4 Å². The van der Waals surface area contributed by atoms with Crippen molar-refractivity contribution in [2.24, 2.45) is 0 Å². The Bertz CT molecular complexity index is 937. The summed E-state index contributed by atoms with van der Waals surface area (Å²) in [5, 5.41) is 0. The Morgan fingerprint density at radius 1 is 1.18 bits per heavy atom. The molecule has 0 radical (unpaired) electrons. The van der Waals surface area contributed by atoms with Crippen molar-refractivity contribution in [3.8, 4) is 5.95 Å². The molecule has 5 rings (SSSR count). The monoisotopic (exact) mass is 383 g/mol. The molecule has 0 atom stereocenters. The van der Waals surface area contributed by atoms with E-state index in [-0.39, 0.29) is 5.91 Å². The van der Waals surface area contributed by atoms with Gasteiger partial charge in [-0.15, -0.1) is 0 Å². The summed E-state index contributed by atoms with van der Waals surface area (Å²) in [5.41, 5.74) is 0.703. The van der Waals surface area contributed by atoms with Gasteiger partial charge in [0.05, 0.1) is 19.3 Å². The lowest BCUT2D eigenvalue weighted by Crippen LogP contribution is -2.48. The summed E-state index contributed by atoms with van der Waals surface area (Å²) >= 11 is 0. The Hall–Kier alpha value is -3.17. The van der Waals surface area contributed by atoms with Crippen molar-refractivity contribution in [3.63, 3.8) is 0 Å². The molecule has 0 aromatic carbocycles. The Labute approximate surface area is 161 Å². The van der Waals surface area contributed by atoms with Crippen molar-refractivity contribution in [2.45, 2.75) is 31.7 Å². The number of amides is 2. The number of nitrogens with zero attached hydrogens (tertiary/aromatic N) is 7. The van der Waals surface area contributed by atoms with Crippen LogP contribution in [0, 0.1) is 0 Å². The Morgan fingerprint density at radius 2 is 2.00 bits per heavy atom. The molecule has 1 saturated heterocycles. The number of carbonyl (C=O) groups is 2. The summed E-state index contributed by atoms with van der Waals surface area (Å²) in [6, 6.07) is 0.315. The summed E-state index contributed by atoms with van der Waals surface area (Å²) < 4.78 is 6.70. The minimum atomic E-state index is -0.427. The van der Waals surface area contributed by atoms with Gasteiger partial charge in [-0.2, -0.15) is 4.98 Å². The summed E-state index contributed by atoms with van der Waals surface area (Å²) in [5.74, 6) is 1.63. The van der Waals surface area contributed by atoms with E-state index < -0.39 is 6.09 Å². The zero-order valence-corrected chi connectivity index (χ0v) is 15.6. The highest BCUT2D eigenvalue weighted by Gasteiger charge is 2.35. The lowest BCUT2D eigenvalue weighted by Gasteiger charge is -2.37. The molecule has 146 valence electrons. The maximum absolute atomic E-state index is 12.5. The number of hydrogen-bond donors (Lipinski definition) is 0. The smallest absolute Gasteiger partial charge is 0.416 e. The van der Waals surface area contributed by atoms with E-state index in [0.29, 0.717) is 43.3 Å². The summed E-state index contributed by atoms with van der Waals surface area (Å²) in [7, 11) is 1.75. The minimum absolute atomic E-state index is 0.0406. The normalized spacial score (nSPS) is 20.1. The first kappa shape index (κ1) is 17.0. The van der Waals surface area contributed by atoms with E-state index in [4.69, 9.17) is 9.72 Å². The maximum Gasteiger partial charge on any atom is 0.416 e. The number of hydrogen-bond acceptors (Lipinski definition) is 7. The van der Waals surface area contributed by atoms with Gasteiger partial charge in [-0.1, -0.05) is 12.8 Å². The van der Waals surface area contributed by atoms with Crippen LogP contribution in [0.15, 0.2) is 18.6 Å². The third kappa shape index (κ3) is 2.59. The molecule has 2 aromatic heterocycles. The summed E-state index contributed by atoms with van der Waals surface area (Å²) in [6.45, 7) is 1.09. The molecule has 3 aliphatic rings. The van der Waals surface area contributed by atoms with Crippen LogP contribution >= 0.6 is 0 Å². The fourth-order valence-corrected chi connectivity index (χ4v) is 4.13. The number of likely N-dealkylation sites (N-methyl/N-ethyl adjacent to an activating group) is 1. The van der Waals surface area contributed by atoms with E-state index in [0.717, 1.165) is 18.7 Å². The largest absolute Gasteiger partial charge is 0.447 e. The SMILES string of the molecule is CN1C(=O)CN(C2CCCC2)c2nc(-n3ccnc3N3CCOC3=O)ncc21. The number of fused-ring (bicyclic) bond motifs is 1. The number of carbonyl (C=O) groups excluding carboxylic acids is 2. The van der Waals surface area contributed by atoms with Gasteiger partial charge in [0.2, 0.25) is 17.8 Å². The number of rotatable bonds is 3. The van der Waals surface area contributed by atoms with Crippen molar-refractivity contribution in [1.82, 2.24) is 19.5 Å². The molecule has 2 fully saturated rings. The van der Waals surface area contributed by atoms with Crippen LogP contribution in [0.2, 0.25) is 0 Å². The average molecular weight is 383 g/mol. The Kier molecular flexibility index (Phi) is 3.92. The van der Waals surface area contributed by atoms with Crippen LogP contribution in [0.3, 0.4) is 0 Å². The molecule has 2 amide bonds. The van der Waals surface area contributed by atoms with Crippen molar-refractivity contribution >= 4 is 29.5 Å². The molecular weight excluding hydrogens is 362 g/mol. The first-order valence-corrected chi connectivity index (χ1v) is 9.52. The second kappa shape index (κ2) is 6.47. The third-order valence-corrected chi connectivity index (χ3v) is 5.65. The van der Waals surface area contributed by atoms with Crippen LogP contribution in [0.5, 0.6) is 0 Å². The quantitative estimate of drug-likeness (QED) is 0.789. The maximum atomic E-state index is 12.5. The molecule has 1 saturated carbocycles. The third-order valence-electron chi connectivity index (χ3n) is 5.65. The number of ether oxygens (including phenoxy) is 1. The molecule has 2 aliphatic heterocycles. The average Bonchev–Trinajstić information content (AvgIpc) is 3.45. The highest BCUT2D eigenvalue weighted by Crippen LogP contribution is 2.36. The molecule has 0 spiro atoms. The zero-order chi connectivity index (χ0) is 19.3. The number of cyclic esters (lactones) is 1. The Balaban J connectivity index is 1.57. The molecule has 10 nitrogen and oxygen atoms in total. The Morgan fingerprint density at radius 3 is 2.75 bits per heavy atom. The van der Waals surface area contributed by atoms with Crippen LogP contribution in [0.1, 0.15) is 25.7 Å². The van der Waals surface area contributed by atoms with Gasteiger partial charge in [0.15, 0.2) is 5.82 Å². The molecule has 0 bridgehead atoms. The van der Waals surface area contributed by atoms with Gasteiger partial charge in [0.1, 0.15) is 12.3 Å². The topological polar surface area (TPSA) is 96.7 Å². The van der Waals surface area contributed by atoms with Crippen LogP contribution in [0.25, 0.3) is 5.95 Å². The van der Waals surface area contributed by atoms with Gasteiger partial charge in [0.25, 0.3) is 0 Å². The van der Waals surface area contributed by atoms with Crippen LogP contribution in [-0.2, 0) is 9.53 Å². The molecule has 4 heterocycles. The van der Waals surface area contributed by atoms with E-state index in [1.165, 1.54) is 17.7 Å². The van der Waals surface area contributed by atoms with Gasteiger partial charge in [-0.3, -0.25) is 9.36 Å². The van der Waals surface area contributed by atoms with Gasteiger partial charge >= 0.3 is 6.09 Å². The number of anilines is 3. The van der Waals surface area contributed by atoms with Gasteiger partial charge in [-0.25, -0.2) is 19.7 Å². The lowest BCUT2D eigenvalue weighted by atomic mass is 10.1. The predicted octanol–water partition coefficient (Wildman–Crippen LogP) is 1.34. The highest BCUT2D eigenvalue weighted by atomic mass is 16.6. The molecule has 1 aliphatic carbocycles. The molecular formula is C18H21N7O3. The lowest BCUT2D eigenvalue weighted by molar-refractivity contribution is -0.117. The summed E-state index contributed by atoms with van der Waals surface area (Å²) in [6.07, 6.45) is 9.03. The molecule has 28 heavy (non-hydrogen) atoms. The first-order valence-electron chi connectivity index (χ1n) is 9.52. The standard InChI is InChI=1S/C18H21N7O3/c1-22-13-10-20-16(23-7-6-19-17(23)24-8-9-28-18(24)27)21-15(13)25(11-14(22)26)12-4-2-3-5-12/h6-7,10,12H,2-5,8-9,11H2,1H3. The van der Waals surface area contributed by atoms with E-state index in [9.17, 15) is 9.59 Å². The number of imidazole rings is 1. The van der Waals surface area contributed by atoms with Crippen molar-refractivity contribution < 1.29 is 14.3 Å². The predicted molar refractivity (Wildman–Crippen MR) is 101 cm³/mol.